The first-order valence-corrected chi connectivity index (χ1v) is 30.7. The zero-order chi connectivity index (χ0) is 52.2. The summed E-state index contributed by atoms with van der Waals surface area (Å²) in [6.07, 6.45) is 64.3. The first-order valence-electron chi connectivity index (χ1n) is 29.2. The lowest BCUT2D eigenvalue weighted by atomic mass is 10.0. The van der Waals surface area contributed by atoms with Crippen molar-refractivity contribution < 1.29 is 37.3 Å². The highest BCUT2D eigenvalue weighted by Gasteiger charge is 2.27. The van der Waals surface area contributed by atoms with Gasteiger partial charge in [0.15, 0.2) is 0 Å². The van der Waals surface area contributed by atoms with Crippen molar-refractivity contribution in [3.63, 3.8) is 0 Å². The molecule has 10 heteroatoms. The maximum atomic E-state index is 13.5. The molecule has 0 heterocycles. The lowest BCUT2D eigenvalue weighted by molar-refractivity contribution is -0.870. The third-order valence-electron chi connectivity index (χ3n) is 12.6. The number of allylic oxidation sites excluding steroid dienone is 11. The summed E-state index contributed by atoms with van der Waals surface area (Å²) in [6.45, 7) is 6.68. The number of hydrogen-bond donors (Lipinski definition) is 1. The molecular formula is C61H111N2O7P. The number of hydrogen-bond acceptors (Lipinski definition) is 7. The number of nitrogens with one attached hydrogen (secondary N) is 1. The molecule has 71 heavy (non-hydrogen) atoms. The second-order valence-electron chi connectivity index (χ2n) is 20.8. The Hall–Kier alpha value is -2.55. The summed E-state index contributed by atoms with van der Waals surface area (Å²) in [7, 11) is 1.16. The van der Waals surface area contributed by atoms with Crippen molar-refractivity contribution in [3.8, 4) is 0 Å². The van der Waals surface area contributed by atoms with Gasteiger partial charge in [0.2, 0.25) is 5.91 Å². The molecule has 0 aromatic heterocycles. The van der Waals surface area contributed by atoms with Gasteiger partial charge in [-0.1, -0.05) is 216 Å². The van der Waals surface area contributed by atoms with E-state index in [1.807, 2.05) is 33.3 Å². The monoisotopic (exact) mass is 1010 g/mol. The molecule has 0 aliphatic carbocycles. The molecule has 0 radical (unpaired) electrons. The number of phosphoric acid groups is 1. The molecule has 3 unspecified atom stereocenters. The Morgan fingerprint density at radius 1 is 0.507 bits per heavy atom. The van der Waals surface area contributed by atoms with Crippen LogP contribution in [-0.2, 0) is 27.9 Å². The van der Waals surface area contributed by atoms with Gasteiger partial charge in [0, 0.05) is 12.8 Å². The van der Waals surface area contributed by atoms with Gasteiger partial charge in [-0.3, -0.25) is 14.2 Å². The minimum Gasteiger partial charge on any atom is -0.756 e. The number of esters is 1. The molecule has 1 N–H and O–H groups in total. The van der Waals surface area contributed by atoms with Crippen molar-refractivity contribution in [2.75, 3.05) is 40.9 Å². The third kappa shape index (κ3) is 52.1. The van der Waals surface area contributed by atoms with Gasteiger partial charge >= 0.3 is 5.97 Å². The third-order valence-corrected chi connectivity index (χ3v) is 13.6. The number of unbranched alkanes of at least 4 members (excludes halogenated alkanes) is 26. The molecule has 0 aromatic rings. The highest BCUT2D eigenvalue weighted by atomic mass is 31.2. The van der Waals surface area contributed by atoms with Crippen molar-refractivity contribution in [2.24, 2.45) is 0 Å². The van der Waals surface area contributed by atoms with Crippen molar-refractivity contribution >= 4 is 19.7 Å². The Labute approximate surface area is 438 Å². The summed E-state index contributed by atoms with van der Waals surface area (Å²) >= 11 is 0. The summed E-state index contributed by atoms with van der Waals surface area (Å²) in [5.74, 6) is -0.572. The van der Waals surface area contributed by atoms with Gasteiger partial charge in [-0.15, -0.1) is 0 Å². The van der Waals surface area contributed by atoms with E-state index in [1.165, 1.54) is 109 Å². The maximum absolute atomic E-state index is 13.5. The lowest BCUT2D eigenvalue weighted by Gasteiger charge is -2.30. The number of quaternary nitrogens is 1. The lowest BCUT2D eigenvalue weighted by Crippen LogP contribution is -2.47. The van der Waals surface area contributed by atoms with E-state index in [0.29, 0.717) is 23.9 Å². The number of phosphoric ester groups is 1. The number of likely N-dealkylation sites (N-methyl/N-ethyl adjacent to an activating group) is 1. The fourth-order valence-electron chi connectivity index (χ4n) is 8.09. The minimum absolute atomic E-state index is 0.0293. The predicted molar refractivity (Wildman–Crippen MR) is 302 cm³/mol. The van der Waals surface area contributed by atoms with Gasteiger partial charge in [-0.25, -0.2) is 0 Å². The van der Waals surface area contributed by atoms with Crippen LogP contribution in [-0.4, -0.2) is 69.4 Å². The molecule has 0 saturated heterocycles. The molecule has 0 fully saturated rings. The summed E-state index contributed by atoms with van der Waals surface area (Å²) < 4.78 is 30.2. The Morgan fingerprint density at radius 2 is 0.901 bits per heavy atom. The molecule has 0 rings (SSSR count). The predicted octanol–water partition coefficient (Wildman–Crippen LogP) is 17.0. The SMILES string of the molecule is CC/C=C/C/C=C/C/C=C/CCCCCCC(=O)OC(/C=C\CCCCCCCCCCCC)C(COP(=O)([O-])OCC[N+](C)(C)C)NC(=O)CCCCCCCCCCC/C=C\C/C=C\CCCCC. The average molecular weight is 1020 g/mol. The maximum Gasteiger partial charge on any atom is 0.306 e. The van der Waals surface area contributed by atoms with E-state index < -0.39 is 26.6 Å². The molecule has 412 valence electrons. The van der Waals surface area contributed by atoms with Crippen LogP contribution in [0.5, 0.6) is 0 Å². The van der Waals surface area contributed by atoms with Gasteiger partial charge < -0.3 is 28.5 Å². The van der Waals surface area contributed by atoms with Crippen molar-refractivity contribution in [3.05, 3.63) is 72.9 Å². The van der Waals surface area contributed by atoms with E-state index in [1.54, 1.807) is 0 Å². The fraction of sp³-hybridized carbons (Fsp3) is 0.770. The molecular weight excluding hydrogens is 904 g/mol. The highest BCUT2D eigenvalue weighted by Crippen LogP contribution is 2.38. The van der Waals surface area contributed by atoms with Crippen LogP contribution in [0.2, 0.25) is 0 Å². The van der Waals surface area contributed by atoms with Crippen LogP contribution >= 0.6 is 7.82 Å². The quantitative estimate of drug-likeness (QED) is 0.0212. The molecule has 0 aromatic carbocycles. The van der Waals surface area contributed by atoms with Crippen molar-refractivity contribution in [1.82, 2.24) is 5.32 Å². The van der Waals surface area contributed by atoms with Crippen LogP contribution < -0.4 is 10.2 Å². The zero-order valence-corrected chi connectivity index (χ0v) is 47.8. The molecule has 0 aliphatic heterocycles. The second-order valence-corrected chi connectivity index (χ2v) is 22.2. The molecule has 3 atom stereocenters. The summed E-state index contributed by atoms with van der Waals surface area (Å²) in [6, 6.07) is -0.901. The number of rotatable bonds is 52. The van der Waals surface area contributed by atoms with E-state index in [0.717, 1.165) is 103 Å². The molecule has 0 aliphatic rings. The summed E-state index contributed by atoms with van der Waals surface area (Å²) in [5.41, 5.74) is 0. The number of carbonyl (C=O) groups is 2. The van der Waals surface area contributed by atoms with Crippen LogP contribution in [0.15, 0.2) is 72.9 Å². The van der Waals surface area contributed by atoms with Crippen LogP contribution in [0.25, 0.3) is 0 Å². The van der Waals surface area contributed by atoms with Crippen LogP contribution in [0.4, 0.5) is 0 Å². The van der Waals surface area contributed by atoms with Crippen LogP contribution in [0.1, 0.15) is 252 Å². The smallest absolute Gasteiger partial charge is 0.306 e. The number of nitrogens with zero attached hydrogens (tertiary/aromatic N) is 1. The minimum atomic E-state index is -4.70. The largest absolute Gasteiger partial charge is 0.756 e. The number of ether oxygens (including phenoxy) is 1. The summed E-state index contributed by atoms with van der Waals surface area (Å²) in [4.78, 5) is 39.9. The van der Waals surface area contributed by atoms with E-state index >= 15 is 0 Å². The second kappa shape index (κ2) is 51.0. The first-order chi connectivity index (χ1) is 34.4. The van der Waals surface area contributed by atoms with Crippen LogP contribution in [0.3, 0.4) is 0 Å². The Balaban J connectivity index is 5.33. The molecule has 0 saturated carbocycles. The van der Waals surface area contributed by atoms with Gasteiger partial charge in [-0.2, -0.15) is 0 Å². The fourth-order valence-corrected chi connectivity index (χ4v) is 8.82. The van der Waals surface area contributed by atoms with E-state index in [2.05, 4.69) is 86.8 Å². The van der Waals surface area contributed by atoms with Crippen LogP contribution in [0, 0.1) is 0 Å². The van der Waals surface area contributed by atoms with E-state index in [9.17, 15) is 19.0 Å². The molecule has 0 spiro atoms. The van der Waals surface area contributed by atoms with Crippen molar-refractivity contribution in [1.29, 1.82) is 0 Å². The Bertz CT molecular complexity index is 1450. The Morgan fingerprint density at radius 3 is 1.38 bits per heavy atom. The van der Waals surface area contributed by atoms with E-state index in [4.69, 9.17) is 13.8 Å². The molecule has 9 nitrogen and oxygen atoms in total. The molecule has 1 amide bonds. The average Bonchev–Trinajstić information content (AvgIpc) is 3.33. The molecule has 0 bridgehead atoms. The zero-order valence-electron chi connectivity index (χ0n) is 46.9. The highest BCUT2D eigenvalue weighted by molar-refractivity contribution is 7.45. The van der Waals surface area contributed by atoms with Gasteiger partial charge in [0.1, 0.15) is 19.3 Å². The van der Waals surface area contributed by atoms with Gasteiger partial charge in [0.25, 0.3) is 7.82 Å². The normalized spacial score (nSPS) is 14.3. The van der Waals surface area contributed by atoms with E-state index in [-0.39, 0.29) is 24.9 Å². The standard InChI is InChI=1S/C61H111N2O7P/c1-7-10-13-16-19-22-25-28-30-31-32-33-34-35-38-41-44-47-50-53-60(64)62-58(57-69-71(66,67)68-56-55-63(4,5)6)59(52-49-46-43-40-37-27-24-21-18-15-12-9-3)70-61(65)54-51-48-45-42-39-36-29-26-23-20-17-14-11-8-2/h11,14,19-20,22-23,28-30,36,49,52,58-59H,7-10,12-13,15-18,21,24-27,31-35,37-48,50-51,53-57H2,1-6H3,(H-,62,64,66,67)/b14-11+,22-19-,23-20+,30-28-,36-29+,52-49-. The number of carbonyl (C=O) groups excluding carboxylic acids is 2. The van der Waals surface area contributed by atoms with Gasteiger partial charge in [0.05, 0.1) is 33.8 Å². The summed E-state index contributed by atoms with van der Waals surface area (Å²) in [5, 5.41) is 3.01. The topological polar surface area (TPSA) is 114 Å². The first kappa shape index (κ1) is 68.5. The number of amides is 1. The van der Waals surface area contributed by atoms with Crippen molar-refractivity contribution in [2.45, 2.75) is 264 Å². The Kier molecular flexibility index (Phi) is 49.1. The van der Waals surface area contributed by atoms with Gasteiger partial charge in [-0.05, 0) is 96.0 Å².